The first-order valence-corrected chi connectivity index (χ1v) is 9.65. The van der Waals surface area contributed by atoms with Gasteiger partial charge in [0.2, 0.25) is 0 Å². The van der Waals surface area contributed by atoms with Gasteiger partial charge in [0.1, 0.15) is 5.69 Å². The first-order chi connectivity index (χ1) is 13.7. The molecular weight excluding hydrogens is 352 g/mol. The number of aromatic amines is 1. The molecule has 0 aliphatic carbocycles. The summed E-state index contributed by atoms with van der Waals surface area (Å²) in [7, 11) is 0. The lowest BCUT2D eigenvalue weighted by atomic mass is 10.1. The summed E-state index contributed by atoms with van der Waals surface area (Å²) < 4.78 is 0. The van der Waals surface area contributed by atoms with Crippen LogP contribution in [0.25, 0.3) is 10.8 Å². The van der Waals surface area contributed by atoms with Crippen LogP contribution in [0.1, 0.15) is 17.4 Å². The molecule has 1 aliphatic rings. The molecule has 4 rings (SSSR count). The summed E-state index contributed by atoms with van der Waals surface area (Å²) in [6.07, 6.45) is 0. The maximum absolute atomic E-state index is 12.8. The SMILES string of the molecule is CCN1CCN(c2ccccc2NC(=O)c2cc3ccccc3c(=O)[nH]2)CC1. The number of H-pyrrole nitrogens is 1. The molecule has 1 amide bonds. The van der Waals surface area contributed by atoms with Gasteiger partial charge in [-0.25, -0.2) is 0 Å². The van der Waals surface area contributed by atoms with Gasteiger partial charge in [-0.15, -0.1) is 0 Å². The van der Waals surface area contributed by atoms with Crippen LogP contribution >= 0.6 is 0 Å². The lowest BCUT2D eigenvalue weighted by molar-refractivity contribution is 0.102. The van der Waals surface area contributed by atoms with Crippen LogP contribution in [-0.4, -0.2) is 48.5 Å². The van der Waals surface area contributed by atoms with Gasteiger partial charge in [-0.1, -0.05) is 37.3 Å². The van der Waals surface area contributed by atoms with Gasteiger partial charge < -0.3 is 20.1 Å². The van der Waals surface area contributed by atoms with Gasteiger partial charge in [0.05, 0.1) is 11.4 Å². The van der Waals surface area contributed by atoms with Crippen LogP contribution in [0.15, 0.2) is 59.4 Å². The maximum atomic E-state index is 12.8. The van der Waals surface area contributed by atoms with Crippen molar-refractivity contribution in [2.75, 3.05) is 42.9 Å². The third-order valence-corrected chi connectivity index (χ3v) is 5.31. The van der Waals surface area contributed by atoms with Crippen molar-refractivity contribution < 1.29 is 4.79 Å². The van der Waals surface area contributed by atoms with Gasteiger partial charge in [0.25, 0.3) is 11.5 Å². The lowest BCUT2D eigenvalue weighted by Gasteiger charge is -2.36. The Balaban J connectivity index is 1.58. The minimum absolute atomic E-state index is 0.257. The van der Waals surface area contributed by atoms with Gasteiger partial charge in [0, 0.05) is 31.6 Å². The smallest absolute Gasteiger partial charge is 0.272 e. The number of carbonyl (C=O) groups excluding carboxylic acids is 1. The Bertz CT molecular complexity index is 1050. The number of likely N-dealkylation sites (N-methyl/N-ethyl adjacent to an activating group) is 1. The van der Waals surface area contributed by atoms with E-state index < -0.39 is 0 Å². The molecule has 2 heterocycles. The maximum Gasteiger partial charge on any atom is 0.272 e. The number of anilines is 2. The molecule has 0 unspecified atom stereocenters. The normalized spacial score (nSPS) is 15.0. The summed E-state index contributed by atoms with van der Waals surface area (Å²) in [5, 5.41) is 4.30. The molecule has 1 aliphatic heterocycles. The molecule has 144 valence electrons. The molecule has 6 heteroatoms. The van der Waals surface area contributed by atoms with Crippen LogP contribution in [0.2, 0.25) is 0 Å². The number of carbonyl (C=O) groups is 1. The molecule has 3 aromatic rings. The highest BCUT2D eigenvalue weighted by Crippen LogP contribution is 2.27. The Kier molecular flexibility index (Phi) is 5.12. The number of piperazine rings is 1. The van der Waals surface area contributed by atoms with Crippen molar-refractivity contribution in [2.45, 2.75) is 6.92 Å². The predicted octanol–water partition coefficient (Wildman–Crippen LogP) is 2.92. The van der Waals surface area contributed by atoms with E-state index in [1.54, 1.807) is 12.1 Å². The van der Waals surface area contributed by atoms with E-state index in [0.29, 0.717) is 5.39 Å². The fourth-order valence-electron chi connectivity index (χ4n) is 3.68. The van der Waals surface area contributed by atoms with Crippen LogP contribution in [0, 0.1) is 0 Å². The summed E-state index contributed by atoms with van der Waals surface area (Å²) >= 11 is 0. The first kappa shape index (κ1) is 18.3. The molecule has 1 fully saturated rings. The van der Waals surface area contributed by atoms with E-state index in [1.165, 1.54) is 0 Å². The molecule has 0 bridgehead atoms. The molecule has 0 atom stereocenters. The number of hydrogen-bond donors (Lipinski definition) is 2. The van der Waals surface area contributed by atoms with Crippen LogP contribution in [0.5, 0.6) is 0 Å². The van der Waals surface area contributed by atoms with Gasteiger partial charge in [-0.2, -0.15) is 0 Å². The van der Waals surface area contributed by atoms with Gasteiger partial charge >= 0.3 is 0 Å². The van der Waals surface area contributed by atoms with E-state index in [2.05, 4.69) is 27.0 Å². The quantitative estimate of drug-likeness (QED) is 0.735. The number of para-hydroxylation sites is 2. The third kappa shape index (κ3) is 3.64. The zero-order valence-corrected chi connectivity index (χ0v) is 15.9. The highest BCUT2D eigenvalue weighted by atomic mass is 16.2. The molecule has 1 aromatic heterocycles. The molecule has 6 nitrogen and oxygen atoms in total. The molecule has 1 saturated heterocycles. The number of pyridine rings is 1. The van der Waals surface area contributed by atoms with Crippen LogP contribution in [0.3, 0.4) is 0 Å². The zero-order chi connectivity index (χ0) is 19.5. The van der Waals surface area contributed by atoms with Gasteiger partial charge in [-0.3, -0.25) is 9.59 Å². The first-order valence-electron chi connectivity index (χ1n) is 9.65. The largest absolute Gasteiger partial charge is 0.367 e. The zero-order valence-electron chi connectivity index (χ0n) is 15.9. The topological polar surface area (TPSA) is 68.4 Å². The van der Waals surface area contributed by atoms with E-state index >= 15 is 0 Å². The van der Waals surface area contributed by atoms with Crippen molar-refractivity contribution in [1.82, 2.24) is 9.88 Å². The number of rotatable bonds is 4. The van der Waals surface area contributed by atoms with E-state index in [-0.39, 0.29) is 17.2 Å². The van der Waals surface area contributed by atoms with Crippen molar-refractivity contribution in [2.24, 2.45) is 0 Å². The number of nitrogens with one attached hydrogen (secondary N) is 2. The Labute approximate surface area is 163 Å². The highest BCUT2D eigenvalue weighted by molar-refractivity contribution is 6.06. The van der Waals surface area contributed by atoms with E-state index in [4.69, 9.17) is 0 Å². The Morgan fingerprint density at radius 2 is 1.75 bits per heavy atom. The minimum Gasteiger partial charge on any atom is -0.367 e. The second-order valence-corrected chi connectivity index (χ2v) is 6.99. The Morgan fingerprint density at radius 1 is 1.04 bits per heavy atom. The van der Waals surface area contributed by atoms with Crippen LogP contribution < -0.4 is 15.8 Å². The Hall–Kier alpha value is -3.12. The summed E-state index contributed by atoms with van der Waals surface area (Å²) in [5.74, 6) is -0.317. The average molecular weight is 376 g/mol. The molecule has 0 saturated carbocycles. The number of hydrogen-bond acceptors (Lipinski definition) is 4. The van der Waals surface area contributed by atoms with E-state index in [0.717, 1.165) is 49.5 Å². The Morgan fingerprint density at radius 3 is 2.54 bits per heavy atom. The number of aromatic nitrogens is 1. The highest BCUT2D eigenvalue weighted by Gasteiger charge is 2.19. The van der Waals surface area contributed by atoms with Crippen molar-refractivity contribution in [3.63, 3.8) is 0 Å². The lowest BCUT2D eigenvalue weighted by Crippen LogP contribution is -2.46. The van der Waals surface area contributed by atoms with Crippen molar-refractivity contribution in [1.29, 1.82) is 0 Å². The molecule has 2 N–H and O–H groups in total. The standard InChI is InChI=1S/C22H24N4O2/c1-2-25-11-13-26(14-12-25)20-10-6-5-9-18(20)23-22(28)19-15-16-7-3-4-8-17(16)21(27)24-19/h3-10,15H,2,11-14H2,1H3,(H,23,28)(H,24,27). The van der Waals surface area contributed by atoms with Crippen LogP contribution in [-0.2, 0) is 0 Å². The van der Waals surface area contributed by atoms with Gasteiger partial charge in [-0.05, 0) is 36.2 Å². The fraction of sp³-hybridized carbons (Fsp3) is 0.273. The van der Waals surface area contributed by atoms with Crippen molar-refractivity contribution >= 4 is 28.1 Å². The number of nitrogens with zero attached hydrogens (tertiary/aromatic N) is 2. The fourth-order valence-corrected chi connectivity index (χ4v) is 3.68. The molecule has 0 radical (unpaired) electrons. The third-order valence-electron chi connectivity index (χ3n) is 5.31. The summed E-state index contributed by atoms with van der Waals surface area (Å²) in [6.45, 7) is 7.10. The van der Waals surface area contributed by atoms with Crippen molar-refractivity contribution in [3.05, 3.63) is 70.6 Å². The van der Waals surface area contributed by atoms with E-state index in [1.807, 2.05) is 42.5 Å². The minimum atomic E-state index is -0.317. The number of amides is 1. The second-order valence-electron chi connectivity index (χ2n) is 6.99. The van der Waals surface area contributed by atoms with Crippen LogP contribution in [0.4, 0.5) is 11.4 Å². The molecule has 2 aromatic carbocycles. The average Bonchev–Trinajstić information content (AvgIpc) is 2.74. The number of fused-ring (bicyclic) bond motifs is 1. The molecular formula is C22H24N4O2. The molecule has 28 heavy (non-hydrogen) atoms. The van der Waals surface area contributed by atoms with E-state index in [9.17, 15) is 9.59 Å². The second kappa shape index (κ2) is 7.86. The summed E-state index contributed by atoms with van der Waals surface area (Å²) in [6, 6.07) is 16.8. The summed E-state index contributed by atoms with van der Waals surface area (Å²) in [4.78, 5) is 32.5. The predicted molar refractivity (Wildman–Crippen MR) is 113 cm³/mol. The number of benzene rings is 2. The van der Waals surface area contributed by atoms with Crippen molar-refractivity contribution in [3.8, 4) is 0 Å². The monoisotopic (exact) mass is 376 g/mol. The van der Waals surface area contributed by atoms with Gasteiger partial charge in [0.15, 0.2) is 0 Å². The summed E-state index contributed by atoms with van der Waals surface area (Å²) in [5.41, 5.74) is 1.77. The molecule has 0 spiro atoms.